The average molecular weight is 287 g/mol. The summed E-state index contributed by atoms with van der Waals surface area (Å²) in [6, 6.07) is 14.7. The molecule has 0 saturated heterocycles. The molecule has 2 aromatic rings. The lowest BCUT2D eigenvalue weighted by molar-refractivity contribution is -0.136. The van der Waals surface area contributed by atoms with Crippen LogP contribution in [-0.4, -0.2) is 24.0 Å². The van der Waals surface area contributed by atoms with Crippen LogP contribution in [0.1, 0.15) is 16.7 Å². The highest BCUT2D eigenvalue weighted by Gasteiger charge is 2.09. The molecule has 0 aliphatic heterocycles. The predicted molar refractivity (Wildman–Crippen MR) is 81.4 cm³/mol. The number of aryl methyl sites for hydroxylation is 1. The molecular formula is C17H18FNO2. The minimum atomic E-state index is -0.335. The van der Waals surface area contributed by atoms with Gasteiger partial charge in [-0.05, 0) is 41.1 Å². The number of aliphatic imine (C=N–C) groups is 1. The van der Waals surface area contributed by atoms with Crippen molar-refractivity contribution in [2.75, 3.05) is 6.61 Å². The minimum Gasteiger partial charge on any atom is -0.507 e. The molecule has 2 rings (SSSR count). The van der Waals surface area contributed by atoms with Crippen LogP contribution in [0, 0.1) is 6.92 Å². The fourth-order valence-corrected chi connectivity index (χ4v) is 2.06. The average Bonchev–Trinajstić information content (AvgIpc) is 2.47. The Labute approximate surface area is 123 Å². The molecule has 4 heteroatoms. The van der Waals surface area contributed by atoms with E-state index < -0.39 is 0 Å². The van der Waals surface area contributed by atoms with E-state index in [0.29, 0.717) is 12.0 Å². The topological polar surface area (TPSA) is 41.8 Å². The summed E-state index contributed by atoms with van der Waals surface area (Å²) in [6.45, 7) is 1.79. The van der Waals surface area contributed by atoms with E-state index in [1.165, 1.54) is 0 Å². The van der Waals surface area contributed by atoms with Gasteiger partial charge in [-0.15, -0.1) is 0 Å². The lowest BCUT2D eigenvalue weighted by Crippen LogP contribution is -2.15. The molecule has 1 atom stereocenters. The molecule has 0 fully saturated rings. The molecule has 0 amide bonds. The van der Waals surface area contributed by atoms with Crippen molar-refractivity contribution < 1.29 is 14.6 Å². The molecule has 1 unspecified atom stereocenters. The minimum absolute atomic E-state index is 0.113. The Kier molecular flexibility index (Phi) is 5.46. The van der Waals surface area contributed by atoms with E-state index in [1.807, 2.05) is 43.3 Å². The molecule has 21 heavy (non-hydrogen) atoms. The second-order valence-corrected chi connectivity index (χ2v) is 4.96. The normalized spacial score (nSPS) is 12.7. The maximum absolute atomic E-state index is 12.2. The standard InChI is InChI=1S/C17H18FNO2/c1-13-7-8-15(17(20)9-13)11-19-16(12-21-18)10-14-5-3-2-4-6-14/h2-9,11,16,20H,10,12H2,1H3. The van der Waals surface area contributed by atoms with Gasteiger partial charge in [0.1, 0.15) is 12.4 Å². The molecular weight excluding hydrogens is 269 g/mol. The summed E-state index contributed by atoms with van der Waals surface area (Å²) < 4.78 is 12.2. The molecule has 110 valence electrons. The van der Waals surface area contributed by atoms with Gasteiger partial charge in [0.2, 0.25) is 0 Å². The van der Waals surface area contributed by atoms with Crippen molar-refractivity contribution in [3.05, 3.63) is 65.2 Å². The zero-order valence-electron chi connectivity index (χ0n) is 11.9. The van der Waals surface area contributed by atoms with Gasteiger partial charge < -0.3 is 5.11 Å². The lowest BCUT2D eigenvalue weighted by Gasteiger charge is -2.10. The molecule has 1 N–H and O–H groups in total. The van der Waals surface area contributed by atoms with Crippen LogP contribution in [-0.2, 0) is 11.4 Å². The monoisotopic (exact) mass is 287 g/mol. The van der Waals surface area contributed by atoms with Crippen molar-refractivity contribution in [3.8, 4) is 5.75 Å². The van der Waals surface area contributed by atoms with Crippen LogP contribution < -0.4 is 0 Å². The third-order valence-corrected chi connectivity index (χ3v) is 3.18. The quantitative estimate of drug-likeness (QED) is 0.824. The predicted octanol–water partition coefficient (Wildman–Crippen LogP) is 3.63. The Morgan fingerprint density at radius 3 is 2.67 bits per heavy atom. The van der Waals surface area contributed by atoms with Crippen LogP contribution in [0.15, 0.2) is 53.5 Å². The Balaban J connectivity index is 2.10. The highest BCUT2D eigenvalue weighted by molar-refractivity contribution is 5.83. The van der Waals surface area contributed by atoms with Crippen LogP contribution in [0.3, 0.4) is 0 Å². The van der Waals surface area contributed by atoms with Gasteiger partial charge in [0.15, 0.2) is 0 Å². The van der Waals surface area contributed by atoms with Crippen LogP contribution >= 0.6 is 0 Å². The number of aromatic hydroxyl groups is 1. The van der Waals surface area contributed by atoms with Crippen LogP contribution in [0.25, 0.3) is 0 Å². The molecule has 0 aliphatic rings. The SMILES string of the molecule is Cc1ccc(C=NC(COF)Cc2ccccc2)c(O)c1. The zero-order valence-corrected chi connectivity index (χ0v) is 11.9. The molecule has 0 aromatic heterocycles. The number of hydrogen-bond donors (Lipinski definition) is 1. The Hall–Kier alpha value is -2.20. The van der Waals surface area contributed by atoms with Crippen molar-refractivity contribution in [3.63, 3.8) is 0 Å². The molecule has 0 bridgehead atoms. The summed E-state index contributed by atoms with van der Waals surface area (Å²) in [5.41, 5.74) is 2.64. The molecule has 0 aliphatic carbocycles. The zero-order chi connectivity index (χ0) is 15.1. The van der Waals surface area contributed by atoms with Crippen molar-refractivity contribution >= 4 is 6.21 Å². The molecule has 0 spiro atoms. The molecule has 2 aromatic carbocycles. The van der Waals surface area contributed by atoms with Gasteiger partial charge in [0, 0.05) is 11.8 Å². The van der Waals surface area contributed by atoms with Gasteiger partial charge in [-0.3, -0.25) is 4.99 Å². The summed E-state index contributed by atoms with van der Waals surface area (Å²) >= 11 is 0. The van der Waals surface area contributed by atoms with Crippen molar-refractivity contribution in [1.29, 1.82) is 0 Å². The Bertz CT molecular complexity index is 599. The molecule has 0 radical (unpaired) electrons. The van der Waals surface area contributed by atoms with E-state index in [1.54, 1.807) is 18.3 Å². The smallest absolute Gasteiger partial charge is 0.124 e. The largest absolute Gasteiger partial charge is 0.507 e. The van der Waals surface area contributed by atoms with Crippen LogP contribution in [0.2, 0.25) is 0 Å². The maximum Gasteiger partial charge on any atom is 0.124 e. The molecule has 0 saturated carbocycles. The van der Waals surface area contributed by atoms with E-state index in [0.717, 1.165) is 11.1 Å². The Morgan fingerprint density at radius 1 is 1.24 bits per heavy atom. The third-order valence-electron chi connectivity index (χ3n) is 3.18. The van der Waals surface area contributed by atoms with E-state index in [2.05, 4.69) is 9.93 Å². The van der Waals surface area contributed by atoms with E-state index in [9.17, 15) is 9.63 Å². The number of phenolic OH excluding ortho intramolecular Hbond substituents is 1. The molecule has 0 heterocycles. The highest BCUT2D eigenvalue weighted by atomic mass is 19.3. The summed E-state index contributed by atoms with van der Waals surface area (Å²) in [7, 11) is 0. The maximum atomic E-state index is 12.2. The van der Waals surface area contributed by atoms with Gasteiger partial charge in [-0.1, -0.05) is 36.4 Å². The van der Waals surface area contributed by atoms with Gasteiger partial charge >= 0.3 is 0 Å². The van der Waals surface area contributed by atoms with E-state index in [-0.39, 0.29) is 18.4 Å². The second kappa shape index (κ2) is 7.55. The first kappa shape index (κ1) is 15.2. The van der Waals surface area contributed by atoms with Crippen LogP contribution in [0.4, 0.5) is 4.53 Å². The Morgan fingerprint density at radius 2 is 2.00 bits per heavy atom. The van der Waals surface area contributed by atoms with Gasteiger partial charge in [-0.25, -0.2) is 0 Å². The summed E-state index contributed by atoms with van der Waals surface area (Å²) in [4.78, 5) is 8.06. The second-order valence-electron chi connectivity index (χ2n) is 4.96. The van der Waals surface area contributed by atoms with Gasteiger partial charge in [0.25, 0.3) is 0 Å². The summed E-state index contributed by atoms with van der Waals surface area (Å²) in [5.74, 6) is 0.165. The van der Waals surface area contributed by atoms with Crippen molar-refractivity contribution in [1.82, 2.24) is 0 Å². The highest BCUT2D eigenvalue weighted by Crippen LogP contribution is 2.17. The number of rotatable bonds is 6. The number of hydrogen-bond acceptors (Lipinski definition) is 3. The third kappa shape index (κ3) is 4.68. The first-order valence-electron chi connectivity index (χ1n) is 6.79. The summed E-state index contributed by atoms with van der Waals surface area (Å²) in [5, 5.41) is 9.83. The van der Waals surface area contributed by atoms with Gasteiger partial charge in [-0.2, -0.15) is 4.94 Å². The number of nitrogens with zero attached hydrogens (tertiary/aromatic N) is 1. The van der Waals surface area contributed by atoms with E-state index in [4.69, 9.17) is 0 Å². The number of halogens is 1. The number of benzene rings is 2. The fourth-order valence-electron chi connectivity index (χ4n) is 2.06. The summed E-state index contributed by atoms with van der Waals surface area (Å²) in [6.07, 6.45) is 2.13. The first-order valence-corrected chi connectivity index (χ1v) is 6.79. The van der Waals surface area contributed by atoms with Crippen molar-refractivity contribution in [2.45, 2.75) is 19.4 Å². The van der Waals surface area contributed by atoms with Crippen molar-refractivity contribution in [2.24, 2.45) is 4.99 Å². The first-order chi connectivity index (χ1) is 10.2. The fraction of sp³-hybridized carbons (Fsp3) is 0.235. The number of phenols is 1. The van der Waals surface area contributed by atoms with Gasteiger partial charge in [0.05, 0.1) is 6.04 Å². The van der Waals surface area contributed by atoms with E-state index >= 15 is 0 Å². The van der Waals surface area contributed by atoms with Crippen LogP contribution in [0.5, 0.6) is 5.75 Å². The lowest BCUT2D eigenvalue weighted by atomic mass is 10.1. The molecule has 3 nitrogen and oxygen atoms in total.